The van der Waals surface area contributed by atoms with E-state index in [1.54, 1.807) is 15.5 Å². The molecule has 4 heterocycles. The van der Waals surface area contributed by atoms with Gasteiger partial charge in [-0.15, -0.1) is 0 Å². The second-order valence-electron chi connectivity index (χ2n) is 10.8. The minimum atomic E-state index is -3.58. The molecule has 38 heavy (non-hydrogen) atoms. The maximum atomic E-state index is 13.8. The molecular formula is C26H32ClN7O3S. The highest BCUT2D eigenvalue weighted by Gasteiger charge is 2.39. The number of sulfonamides is 1. The lowest BCUT2D eigenvalue weighted by molar-refractivity contribution is 0.0607. The van der Waals surface area contributed by atoms with Crippen LogP contribution in [0.2, 0.25) is 5.02 Å². The summed E-state index contributed by atoms with van der Waals surface area (Å²) in [6, 6.07) is 7.33. The van der Waals surface area contributed by atoms with Crippen LogP contribution in [0.4, 0.5) is 11.5 Å². The highest BCUT2D eigenvalue weighted by molar-refractivity contribution is 7.92. The predicted octanol–water partition coefficient (Wildman–Crippen LogP) is 3.59. The topological polar surface area (TPSA) is 121 Å². The number of likely N-dealkylation sites (tertiary alicyclic amines) is 1. The van der Waals surface area contributed by atoms with E-state index in [4.69, 9.17) is 21.7 Å². The molecule has 0 spiro atoms. The number of nitrogens with one attached hydrogen (secondary N) is 3. The van der Waals surface area contributed by atoms with Crippen molar-refractivity contribution in [3.63, 3.8) is 0 Å². The van der Waals surface area contributed by atoms with Crippen molar-refractivity contribution < 1.29 is 13.2 Å². The van der Waals surface area contributed by atoms with E-state index in [0.717, 1.165) is 61.2 Å². The third-order valence-corrected chi connectivity index (χ3v) is 8.77. The molecule has 10 nitrogen and oxygen atoms in total. The lowest BCUT2D eigenvalue weighted by Gasteiger charge is -2.35. The molecule has 0 radical (unpaired) electrons. The molecule has 3 aromatic rings. The van der Waals surface area contributed by atoms with Crippen LogP contribution in [0.25, 0.3) is 5.65 Å². The third kappa shape index (κ3) is 4.94. The Kier molecular flexibility index (Phi) is 6.48. The molecule has 1 aliphatic carbocycles. The normalized spacial score (nSPS) is 25.2. The van der Waals surface area contributed by atoms with Crippen molar-refractivity contribution in [2.75, 3.05) is 29.4 Å². The van der Waals surface area contributed by atoms with Crippen molar-refractivity contribution in [3.05, 3.63) is 52.3 Å². The maximum Gasteiger partial charge on any atom is 0.256 e. The Morgan fingerprint density at radius 2 is 2.05 bits per heavy atom. The first-order valence-corrected chi connectivity index (χ1v) is 15.4. The van der Waals surface area contributed by atoms with Crippen LogP contribution in [0.3, 0.4) is 0 Å². The predicted molar refractivity (Wildman–Crippen MR) is 147 cm³/mol. The van der Waals surface area contributed by atoms with E-state index in [-0.39, 0.29) is 23.2 Å². The molecule has 2 aliphatic heterocycles. The number of benzene rings is 1. The van der Waals surface area contributed by atoms with Crippen molar-refractivity contribution in [1.29, 1.82) is 0 Å². The average Bonchev–Trinajstić information content (AvgIpc) is 3.60. The third-order valence-electron chi connectivity index (χ3n) is 7.95. The van der Waals surface area contributed by atoms with E-state index in [1.165, 1.54) is 18.6 Å². The van der Waals surface area contributed by atoms with Gasteiger partial charge in [-0.2, -0.15) is 5.10 Å². The summed E-state index contributed by atoms with van der Waals surface area (Å²) >= 11 is 6.21. The molecule has 12 heteroatoms. The van der Waals surface area contributed by atoms with Gasteiger partial charge in [0.25, 0.3) is 5.91 Å². The summed E-state index contributed by atoms with van der Waals surface area (Å²) in [6.45, 7) is 3.63. The van der Waals surface area contributed by atoms with Crippen molar-refractivity contribution in [2.24, 2.45) is 5.92 Å². The number of hydrogen-bond acceptors (Lipinski definition) is 7. The van der Waals surface area contributed by atoms with Gasteiger partial charge in [-0.1, -0.05) is 11.6 Å². The first-order chi connectivity index (χ1) is 18.1. The van der Waals surface area contributed by atoms with Gasteiger partial charge in [-0.05, 0) is 63.1 Å². The summed E-state index contributed by atoms with van der Waals surface area (Å²) in [7, 11) is -3.58. The number of aromatic nitrogens is 3. The molecule has 4 unspecified atom stereocenters. The van der Waals surface area contributed by atoms with E-state index >= 15 is 0 Å². The van der Waals surface area contributed by atoms with E-state index in [9.17, 15) is 13.2 Å². The number of aryl methyl sites for hydroxylation is 1. The minimum Gasteiger partial charge on any atom is -0.367 e. The molecule has 2 saturated heterocycles. The standard InChI is InChI=1S/C26H32ClN7O3S/c1-15-14-34-24(30-25(15)29-21-11-18-9-16(21)13-28-18)12-22(31-34)23-5-3-4-8-33(23)26(35)19-10-17(27)6-7-20(19)32-38(2,36)37/h6-7,10,12,14,16,18,21,23,28,32H,3-5,8-9,11,13H2,1-2H3,(H,29,30). The van der Waals surface area contributed by atoms with Gasteiger partial charge in [-0.25, -0.2) is 17.9 Å². The Hall–Kier alpha value is -2.89. The van der Waals surface area contributed by atoms with Crippen molar-refractivity contribution >= 4 is 44.7 Å². The molecule has 3 N–H and O–H groups in total. The van der Waals surface area contributed by atoms with Gasteiger partial charge in [0.2, 0.25) is 10.0 Å². The SMILES string of the molecule is Cc1cn2nc(C3CCCCN3C(=O)c3cc(Cl)ccc3NS(C)(=O)=O)cc2nc1NC1CC2CC1CN2. The Morgan fingerprint density at radius 3 is 2.79 bits per heavy atom. The summed E-state index contributed by atoms with van der Waals surface area (Å²) in [5, 5.41) is 12.4. The molecule has 1 aromatic carbocycles. The number of nitrogens with zero attached hydrogens (tertiary/aromatic N) is 4. The van der Waals surface area contributed by atoms with E-state index < -0.39 is 10.0 Å². The zero-order valence-electron chi connectivity index (χ0n) is 21.4. The summed E-state index contributed by atoms with van der Waals surface area (Å²) in [5.41, 5.74) is 2.96. The number of halogens is 1. The van der Waals surface area contributed by atoms with Crippen LogP contribution in [0, 0.1) is 12.8 Å². The Balaban J connectivity index is 1.29. The van der Waals surface area contributed by atoms with Crippen molar-refractivity contribution in [3.8, 4) is 0 Å². The Labute approximate surface area is 227 Å². The van der Waals surface area contributed by atoms with Gasteiger partial charge < -0.3 is 15.5 Å². The molecule has 1 amide bonds. The lowest BCUT2D eigenvalue weighted by atomic mass is 9.98. The van der Waals surface area contributed by atoms with Crippen LogP contribution >= 0.6 is 11.6 Å². The molecule has 3 fully saturated rings. The summed E-state index contributed by atoms with van der Waals surface area (Å²) in [4.78, 5) is 20.5. The molecule has 202 valence electrons. The largest absolute Gasteiger partial charge is 0.367 e. The van der Waals surface area contributed by atoms with Gasteiger partial charge in [0.15, 0.2) is 5.65 Å². The smallest absolute Gasteiger partial charge is 0.256 e. The number of fused-ring (bicyclic) bond motifs is 3. The first-order valence-electron chi connectivity index (χ1n) is 13.1. The average molecular weight is 558 g/mol. The zero-order chi connectivity index (χ0) is 26.6. The molecule has 4 atom stereocenters. The molecular weight excluding hydrogens is 526 g/mol. The molecule has 2 bridgehead atoms. The number of piperidine rings is 2. The number of rotatable bonds is 6. The van der Waals surface area contributed by atoms with Gasteiger partial charge in [0.1, 0.15) is 5.82 Å². The van der Waals surface area contributed by atoms with Crippen LogP contribution in [-0.4, -0.2) is 65.3 Å². The van der Waals surface area contributed by atoms with Crippen LogP contribution in [0.5, 0.6) is 0 Å². The second kappa shape index (κ2) is 9.69. The number of carbonyl (C=O) groups is 1. The molecule has 2 aromatic heterocycles. The van der Waals surface area contributed by atoms with Crippen molar-refractivity contribution in [1.82, 2.24) is 24.8 Å². The fourth-order valence-electron chi connectivity index (χ4n) is 6.14. The van der Waals surface area contributed by atoms with E-state index in [2.05, 4.69) is 15.4 Å². The molecule has 3 aliphatic rings. The number of amides is 1. The van der Waals surface area contributed by atoms with Crippen LogP contribution in [0.1, 0.15) is 59.8 Å². The second-order valence-corrected chi connectivity index (χ2v) is 13.0. The highest BCUT2D eigenvalue weighted by atomic mass is 35.5. The highest BCUT2D eigenvalue weighted by Crippen LogP contribution is 2.36. The van der Waals surface area contributed by atoms with E-state index in [1.807, 2.05) is 19.2 Å². The number of hydrogen-bond donors (Lipinski definition) is 3. The Bertz CT molecular complexity index is 1510. The van der Waals surface area contributed by atoms with Gasteiger partial charge in [-0.3, -0.25) is 9.52 Å². The fraction of sp³-hybridized carbons (Fsp3) is 0.500. The summed E-state index contributed by atoms with van der Waals surface area (Å²) in [5.74, 6) is 1.23. The number of anilines is 2. The molecule has 1 saturated carbocycles. The lowest BCUT2D eigenvalue weighted by Crippen LogP contribution is -2.39. The van der Waals surface area contributed by atoms with Gasteiger partial charge in [0.05, 0.1) is 29.2 Å². The molecule has 6 rings (SSSR count). The van der Waals surface area contributed by atoms with Crippen LogP contribution < -0.4 is 15.4 Å². The summed E-state index contributed by atoms with van der Waals surface area (Å²) < 4.78 is 28.1. The van der Waals surface area contributed by atoms with Crippen molar-refractivity contribution in [2.45, 2.75) is 57.2 Å². The summed E-state index contributed by atoms with van der Waals surface area (Å²) in [6.07, 6.45) is 7.95. The number of carbonyl (C=O) groups excluding carboxylic acids is 1. The van der Waals surface area contributed by atoms with Gasteiger partial charge in [0, 0.05) is 48.0 Å². The fourth-order valence-corrected chi connectivity index (χ4v) is 6.89. The van der Waals surface area contributed by atoms with Crippen LogP contribution in [0.15, 0.2) is 30.5 Å². The van der Waals surface area contributed by atoms with E-state index in [0.29, 0.717) is 29.6 Å². The maximum absolute atomic E-state index is 13.8. The monoisotopic (exact) mass is 557 g/mol. The zero-order valence-corrected chi connectivity index (χ0v) is 23.0. The van der Waals surface area contributed by atoms with Crippen LogP contribution in [-0.2, 0) is 10.0 Å². The quantitative estimate of drug-likeness (QED) is 0.423. The van der Waals surface area contributed by atoms with Gasteiger partial charge >= 0.3 is 0 Å². The minimum absolute atomic E-state index is 0.213. The Morgan fingerprint density at radius 1 is 1.21 bits per heavy atom. The first kappa shape index (κ1) is 25.4.